The highest BCUT2D eigenvalue weighted by molar-refractivity contribution is 7.88. The average Bonchev–Trinajstić information content (AvgIpc) is 2.41. The van der Waals surface area contributed by atoms with Gasteiger partial charge in [-0.15, -0.1) is 0 Å². The van der Waals surface area contributed by atoms with Crippen LogP contribution in [0.15, 0.2) is 0 Å². The van der Waals surface area contributed by atoms with Crippen molar-refractivity contribution < 1.29 is 18.3 Å². The molecule has 0 bridgehead atoms. The van der Waals surface area contributed by atoms with E-state index in [1.807, 2.05) is 0 Å². The first-order chi connectivity index (χ1) is 9.71. The molecule has 5 nitrogen and oxygen atoms in total. The normalized spacial score (nSPS) is 35.6. The summed E-state index contributed by atoms with van der Waals surface area (Å²) in [7, 11) is -3.18. The Balaban J connectivity index is 1.93. The molecule has 21 heavy (non-hydrogen) atoms. The quantitative estimate of drug-likeness (QED) is 0.854. The molecule has 6 heteroatoms. The summed E-state index contributed by atoms with van der Waals surface area (Å²) in [5.74, 6) is 0.535. The zero-order valence-electron chi connectivity index (χ0n) is 13.0. The van der Waals surface area contributed by atoms with Crippen LogP contribution in [0.5, 0.6) is 0 Å². The summed E-state index contributed by atoms with van der Waals surface area (Å²) in [4.78, 5) is 12.4. The van der Waals surface area contributed by atoms with Crippen molar-refractivity contribution in [1.29, 1.82) is 0 Å². The summed E-state index contributed by atoms with van der Waals surface area (Å²) in [6.45, 7) is 3.11. The Morgan fingerprint density at radius 1 is 1.29 bits per heavy atom. The van der Waals surface area contributed by atoms with Gasteiger partial charge in [0.05, 0.1) is 6.26 Å². The Morgan fingerprint density at radius 2 is 1.90 bits per heavy atom. The second kappa shape index (κ2) is 6.34. The fourth-order valence-corrected chi connectivity index (χ4v) is 4.41. The molecular formula is C15H27NO4S. The second-order valence-electron chi connectivity index (χ2n) is 6.97. The lowest BCUT2D eigenvalue weighted by atomic mass is 9.75. The van der Waals surface area contributed by atoms with Crippen LogP contribution in [-0.4, -0.2) is 48.6 Å². The minimum absolute atomic E-state index is 0.0457. The van der Waals surface area contributed by atoms with Crippen LogP contribution in [0.3, 0.4) is 0 Å². The summed E-state index contributed by atoms with van der Waals surface area (Å²) < 4.78 is 24.7. The minimum Gasteiger partial charge on any atom is -0.382 e. The third kappa shape index (κ3) is 4.27. The Morgan fingerprint density at radius 3 is 2.48 bits per heavy atom. The molecule has 0 radical (unpaired) electrons. The van der Waals surface area contributed by atoms with Gasteiger partial charge in [0, 0.05) is 19.5 Å². The minimum atomic E-state index is -3.18. The smallest absolute Gasteiger partial charge is 0.211 e. The molecule has 1 saturated carbocycles. The SMILES string of the molecule is CC1CCC(O)(C(=O)CC2CCCN(S(C)(=O)=O)C2)CC1. The zero-order valence-corrected chi connectivity index (χ0v) is 13.9. The van der Waals surface area contributed by atoms with Crippen molar-refractivity contribution in [1.82, 2.24) is 4.31 Å². The van der Waals surface area contributed by atoms with Crippen LogP contribution in [0.25, 0.3) is 0 Å². The molecule has 2 aliphatic rings. The number of Topliss-reactive ketones (excluding diaryl/α,β-unsaturated/α-hetero) is 1. The van der Waals surface area contributed by atoms with Gasteiger partial charge in [-0.1, -0.05) is 6.92 Å². The van der Waals surface area contributed by atoms with E-state index in [4.69, 9.17) is 0 Å². The number of hydrogen-bond acceptors (Lipinski definition) is 4. The van der Waals surface area contributed by atoms with E-state index in [0.717, 1.165) is 25.7 Å². The summed E-state index contributed by atoms with van der Waals surface area (Å²) in [5, 5.41) is 10.5. The maximum atomic E-state index is 12.4. The van der Waals surface area contributed by atoms with Crippen LogP contribution < -0.4 is 0 Å². The zero-order chi connectivity index (χ0) is 15.7. The molecule has 1 N–H and O–H groups in total. The van der Waals surface area contributed by atoms with Crippen LogP contribution in [0.1, 0.15) is 51.9 Å². The third-order valence-corrected chi connectivity index (χ3v) is 6.31. The molecule has 1 saturated heterocycles. The van der Waals surface area contributed by atoms with Gasteiger partial charge in [0.1, 0.15) is 5.60 Å². The molecule has 1 aliphatic carbocycles. The van der Waals surface area contributed by atoms with Crippen molar-refractivity contribution in [3.63, 3.8) is 0 Å². The lowest BCUT2D eigenvalue weighted by Gasteiger charge is -2.36. The van der Waals surface area contributed by atoms with E-state index >= 15 is 0 Å². The standard InChI is InChI=1S/C15H27NO4S/c1-12-5-7-15(18,8-6-12)14(17)10-13-4-3-9-16(11-13)21(2,19)20/h12-13,18H,3-11H2,1-2H3. The first-order valence-electron chi connectivity index (χ1n) is 7.91. The number of nitrogens with zero attached hydrogens (tertiary/aromatic N) is 1. The van der Waals surface area contributed by atoms with E-state index in [-0.39, 0.29) is 11.7 Å². The van der Waals surface area contributed by atoms with Crippen LogP contribution >= 0.6 is 0 Å². The lowest BCUT2D eigenvalue weighted by molar-refractivity contribution is -0.142. The van der Waals surface area contributed by atoms with Gasteiger partial charge in [0.25, 0.3) is 0 Å². The Hall–Kier alpha value is -0.460. The highest BCUT2D eigenvalue weighted by Crippen LogP contribution is 2.34. The van der Waals surface area contributed by atoms with Gasteiger partial charge in [-0.25, -0.2) is 12.7 Å². The fraction of sp³-hybridized carbons (Fsp3) is 0.933. The van der Waals surface area contributed by atoms with Crippen LogP contribution in [0.4, 0.5) is 0 Å². The highest BCUT2D eigenvalue weighted by Gasteiger charge is 2.40. The first-order valence-corrected chi connectivity index (χ1v) is 9.76. The van der Waals surface area contributed by atoms with Crippen molar-refractivity contribution in [3.05, 3.63) is 0 Å². The van der Waals surface area contributed by atoms with Gasteiger partial charge in [-0.3, -0.25) is 4.79 Å². The summed E-state index contributed by atoms with van der Waals surface area (Å²) in [5.41, 5.74) is -1.17. The molecule has 0 aromatic carbocycles. The van der Waals surface area contributed by atoms with E-state index in [1.54, 1.807) is 0 Å². The molecule has 122 valence electrons. The summed E-state index contributed by atoms with van der Waals surface area (Å²) >= 11 is 0. The number of carbonyl (C=O) groups is 1. The van der Waals surface area contributed by atoms with Crippen LogP contribution in [0.2, 0.25) is 0 Å². The van der Waals surface area contributed by atoms with Crippen LogP contribution in [-0.2, 0) is 14.8 Å². The second-order valence-corrected chi connectivity index (χ2v) is 8.95. The van der Waals surface area contributed by atoms with Crippen LogP contribution in [0, 0.1) is 11.8 Å². The van der Waals surface area contributed by atoms with E-state index in [1.165, 1.54) is 10.6 Å². The average molecular weight is 317 g/mol. The maximum absolute atomic E-state index is 12.4. The number of carbonyl (C=O) groups excluding carboxylic acids is 1. The lowest BCUT2D eigenvalue weighted by Crippen LogP contribution is -2.45. The molecule has 1 aliphatic heterocycles. The molecule has 2 rings (SSSR count). The topological polar surface area (TPSA) is 74.7 Å². The van der Waals surface area contributed by atoms with Gasteiger partial charge in [-0.2, -0.15) is 0 Å². The monoisotopic (exact) mass is 317 g/mol. The van der Waals surface area contributed by atoms with Gasteiger partial charge >= 0.3 is 0 Å². The van der Waals surface area contributed by atoms with Gasteiger partial charge in [0.15, 0.2) is 5.78 Å². The van der Waals surface area contributed by atoms with Gasteiger partial charge in [-0.05, 0) is 50.4 Å². The van der Waals surface area contributed by atoms with Crippen molar-refractivity contribution in [3.8, 4) is 0 Å². The Kier molecular flexibility index (Phi) is 5.11. The molecule has 2 fully saturated rings. The summed E-state index contributed by atoms with van der Waals surface area (Å²) in [6.07, 6.45) is 6.06. The maximum Gasteiger partial charge on any atom is 0.211 e. The summed E-state index contributed by atoms with van der Waals surface area (Å²) in [6, 6.07) is 0. The highest BCUT2D eigenvalue weighted by atomic mass is 32.2. The van der Waals surface area contributed by atoms with E-state index in [9.17, 15) is 18.3 Å². The first kappa shape index (κ1) is 16.9. The van der Waals surface area contributed by atoms with E-state index < -0.39 is 15.6 Å². The third-order valence-electron chi connectivity index (χ3n) is 5.05. The van der Waals surface area contributed by atoms with E-state index in [2.05, 4.69) is 6.92 Å². The predicted molar refractivity (Wildman–Crippen MR) is 81.3 cm³/mol. The number of ketones is 1. The van der Waals surface area contributed by atoms with Crippen molar-refractivity contribution in [2.24, 2.45) is 11.8 Å². The molecule has 0 aromatic rings. The van der Waals surface area contributed by atoms with Gasteiger partial charge in [0.2, 0.25) is 10.0 Å². The molecule has 1 atom stereocenters. The van der Waals surface area contributed by atoms with Crippen molar-refractivity contribution in [2.45, 2.75) is 57.5 Å². The van der Waals surface area contributed by atoms with Crippen molar-refractivity contribution in [2.75, 3.05) is 19.3 Å². The largest absolute Gasteiger partial charge is 0.382 e. The molecule has 0 spiro atoms. The molecular weight excluding hydrogens is 290 g/mol. The molecule has 0 amide bonds. The number of hydrogen-bond donors (Lipinski definition) is 1. The molecule has 0 aromatic heterocycles. The number of aliphatic hydroxyl groups is 1. The van der Waals surface area contributed by atoms with Gasteiger partial charge < -0.3 is 5.11 Å². The van der Waals surface area contributed by atoms with E-state index in [0.29, 0.717) is 38.3 Å². The molecule has 1 unspecified atom stereocenters. The molecule has 1 heterocycles. The predicted octanol–water partition coefficient (Wildman–Crippen LogP) is 1.56. The Bertz CT molecular complexity index is 480. The Labute approximate surface area is 127 Å². The number of piperidine rings is 1. The number of sulfonamides is 1. The number of rotatable bonds is 4. The van der Waals surface area contributed by atoms with Crippen molar-refractivity contribution >= 4 is 15.8 Å². The fourth-order valence-electron chi connectivity index (χ4n) is 3.47.